The van der Waals surface area contributed by atoms with E-state index in [4.69, 9.17) is 12.6 Å². The van der Waals surface area contributed by atoms with E-state index in [1.165, 1.54) is 0 Å². The number of aldehydes is 1. The van der Waals surface area contributed by atoms with Crippen molar-refractivity contribution in [2.75, 3.05) is 0 Å². The molecule has 2 nitrogen and oxygen atoms in total. The Morgan fingerprint density at radius 1 is 1.78 bits per heavy atom. The van der Waals surface area contributed by atoms with Crippen LogP contribution in [-0.2, 0) is 9.53 Å². The van der Waals surface area contributed by atoms with Gasteiger partial charge >= 0.3 is 0 Å². The molecule has 0 N–H and O–H groups in total. The molecule has 1 aliphatic rings. The van der Waals surface area contributed by atoms with E-state index >= 15 is 0 Å². The molecule has 48 valence electrons. The van der Waals surface area contributed by atoms with Crippen LogP contribution < -0.4 is 0 Å². The minimum atomic E-state index is -0.264. The minimum Gasteiger partial charge on any atom is -0.377 e. The van der Waals surface area contributed by atoms with Crippen LogP contribution in [0, 0.1) is 5.92 Å². The van der Waals surface area contributed by atoms with Crippen molar-refractivity contribution in [3.63, 3.8) is 0 Å². The molecule has 0 saturated carbocycles. The zero-order chi connectivity index (χ0) is 6.85. The van der Waals surface area contributed by atoms with E-state index in [0.717, 1.165) is 12.7 Å². The van der Waals surface area contributed by atoms with Crippen molar-refractivity contribution in [2.45, 2.75) is 25.5 Å². The first-order chi connectivity index (χ1) is 4.24. The fourth-order valence-electron chi connectivity index (χ4n) is 1.06. The Labute approximate surface area is 56.0 Å². The second-order valence-electron chi connectivity index (χ2n) is 2.49. The zero-order valence-electron chi connectivity index (χ0n) is 5.41. The number of carbonyl (C=O) groups is 1. The second kappa shape index (κ2) is 2.52. The molecule has 0 aromatic carbocycles. The lowest BCUT2D eigenvalue weighted by atomic mass is 9.92. The predicted octanol–water partition coefficient (Wildman–Crippen LogP) is 0.105. The van der Waals surface area contributed by atoms with Gasteiger partial charge in [0.2, 0.25) is 0 Å². The monoisotopic (exact) mass is 124 g/mol. The molecule has 0 spiro atoms. The molecule has 0 aliphatic carbocycles. The van der Waals surface area contributed by atoms with Gasteiger partial charge in [0.25, 0.3) is 0 Å². The molecular weight excluding hydrogens is 115 g/mol. The number of hydrogen-bond donors (Lipinski definition) is 0. The fourth-order valence-corrected chi connectivity index (χ4v) is 1.06. The summed E-state index contributed by atoms with van der Waals surface area (Å²) in [6, 6.07) is -0.227. The molecule has 3 atom stereocenters. The van der Waals surface area contributed by atoms with Gasteiger partial charge in [-0.15, -0.1) is 0 Å². The molecule has 1 rings (SSSR count). The van der Waals surface area contributed by atoms with E-state index in [1.807, 2.05) is 6.92 Å². The first-order valence-electron chi connectivity index (χ1n) is 3.10. The Balaban J connectivity index is 2.47. The highest BCUT2D eigenvalue weighted by molar-refractivity contribution is 6.11. The lowest BCUT2D eigenvalue weighted by Crippen LogP contribution is -2.15. The number of ether oxygens (including phenoxy) is 1. The third-order valence-corrected chi connectivity index (χ3v) is 1.63. The molecule has 1 unspecified atom stereocenters. The third kappa shape index (κ3) is 1.33. The van der Waals surface area contributed by atoms with Gasteiger partial charge in [-0.1, -0.05) is 6.92 Å². The standard InChI is InChI=1S/C6H9BO2/c1-4-2-6(7)9-5(4)3-8/h3-6H,2H2,1H3/t4?,5-,6+/m1/s1. The van der Waals surface area contributed by atoms with Crippen LogP contribution >= 0.6 is 0 Å². The Bertz CT molecular complexity index is 116. The van der Waals surface area contributed by atoms with Gasteiger partial charge in [0.05, 0.1) is 0 Å². The summed E-state index contributed by atoms with van der Waals surface area (Å²) in [4.78, 5) is 10.2. The van der Waals surface area contributed by atoms with Crippen molar-refractivity contribution in [3.8, 4) is 0 Å². The number of carbonyl (C=O) groups excluding carboxylic acids is 1. The van der Waals surface area contributed by atoms with Crippen LogP contribution in [0.2, 0.25) is 0 Å². The normalized spacial score (nSPS) is 43.0. The first kappa shape index (κ1) is 6.81. The summed E-state index contributed by atoms with van der Waals surface area (Å²) in [7, 11) is 5.41. The van der Waals surface area contributed by atoms with Crippen LogP contribution in [-0.4, -0.2) is 26.2 Å². The van der Waals surface area contributed by atoms with Gasteiger partial charge in [-0.2, -0.15) is 0 Å². The molecule has 1 aliphatic heterocycles. The van der Waals surface area contributed by atoms with Gasteiger partial charge in [0, 0.05) is 6.00 Å². The maximum Gasteiger partial charge on any atom is 0.149 e. The van der Waals surface area contributed by atoms with E-state index < -0.39 is 0 Å². The van der Waals surface area contributed by atoms with Crippen molar-refractivity contribution < 1.29 is 9.53 Å². The maximum absolute atomic E-state index is 10.2. The van der Waals surface area contributed by atoms with Crippen LogP contribution in [0.1, 0.15) is 13.3 Å². The SMILES string of the molecule is [B][C@@H]1CC(C)[C@@H](C=O)O1. The molecule has 0 amide bonds. The number of rotatable bonds is 1. The zero-order valence-corrected chi connectivity index (χ0v) is 5.41. The molecule has 1 heterocycles. The number of hydrogen-bond acceptors (Lipinski definition) is 2. The van der Waals surface area contributed by atoms with E-state index in [0.29, 0.717) is 0 Å². The summed E-state index contributed by atoms with van der Waals surface area (Å²) < 4.78 is 5.03. The quantitative estimate of drug-likeness (QED) is 0.366. The Morgan fingerprint density at radius 3 is 2.67 bits per heavy atom. The Morgan fingerprint density at radius 2 is 2.44 bits per heavy atom. The molecule has 0 bridgehead atoms. The predicted molar refractivity (Wildman–Crippen MR) is 34.3 cm³/mol. The highest BCUT2D eigenvalue weighted by Gasteiger charge is 2.28. The summed E-state index contributed by atoms with van der Waals surface area (Å²) in [5.74, 6) is 0.289. The molecular formula is C6H9BO2. The summed E-state index contributed by atoms with van der Waals surface area (Å²) in [5, 5.41) is 0. The second-order valence-corrected chi connectivity index (χ2v) is 2.49. The van der Waals surface area contributed by atoms with Crippen molar-refractivity contribution >= 4 is 14.1 Å². The average Bonchev–Trinajstić information content (AvgIpc) is 2.10. The fraction of sp³-hybridized carbons (Fsp3) is 0.833. The summed E-state index contributed by atoms with van der Waals surface area (Å²) in [6.45, 7) is 1.96. The Hall–Kier alpha value is -0.305. The largest absolute Gasteiger partial charge is 0.377 e. The van der Waals surface area contributed by atoms with E-state index in [2.05, 4.69) is 0 Å². The van der Waals surface area contributed by atoms with E-state index in [-0.39, 0.29) is 18.0 Å². The van der Waals surface area contributed by atoms with Crippen molar-refractivity contribution in [3.05, 3.63) is 0 Å². The molecule has 3 heteroatoms. The van der Waals surface area contributed by atoms with Crippen molar-refractivity contribution in [1.29, 1.82) is 0 Å². The van der Waals surface area contributed by atoms with E-state index in [9.17, 15) is 4.79 Å². The summed E-state index contributed by atoms with van der Waals surface area (Å²) in [5.41, 5.74) is 0. The minimum absolute atomic E-state index is 0.227. The lowest BCUT2D eigenvalue weighted by Gasteiger charge is -2.04. The maximum atomic E-state index is 10.2. The average molecular weight is 124 g/mol. The topological polar surface area (TPSA) is 26.3 Å². The van der Waals surface area contributed by atoms with Gasteiger partial charge in [0.1, 0.15) is 20.2 Å². The smallest absolute Gasteiger partial charge is 0.149 e. The molecule has 0 aromatic rings. The molecule has 1 saturated heterocycles. The van der Waals surface area contributed by atoms with Crippen molar-refractivity contribution in [2.24, 2.45) is 5.92 Å². The van der Waals surface area contributed by atoms with Crippen LogP contribution in [0.15, 0.2) is 0 Å². The lowest BCUT2D eigenvalue weighted by molar-refractivity contribution is -0.117. The first-order valence-corrected chi connectivity index (χ1v) is 3.10. The van der Waals surface area contributed by atoms with Crippen molar-refractivity contribution in [1.82, 2.24) is 0 Å². The highest BCUT2D eigenvalue weighted by atomic mass is 16.5. The van der Waals surface area contributed by atoms with Gasteiger partial charge in [-0.05, 0) is 12.3 Å². The van der Waals surface area contributed by atoms with E-state index in [1.54, 1.807) is 0 Å². The van der Waals surface area contributed by atoms with Crippen LogP contribution in [0.3, 0.4) is 0 Å². The third-order valence-electron chi connectivity index (χ3n) is 1.63. The van der Waals surface area contributed by atoms with Gasteiger partial charge in [-0.3, -0.25) is 0 Å². The van der Waals surface area contributed by atoms with Gasteiger partial charge in [-0.25, -0.2) is 0 Å². The van der Waals surface area contributed by atoms with Crippen LogP contribution in [0.5, 0.6) is 0 Å². The molecule has 2 radical (unpaired) electrons. The summed E-state index contributed by atoms with van der Waals surface area (Å²) in [6.07, 6.45) is 1.35. The molecule has 1 fully saturated rings. The van der Waals surface area contributed by atoms with Crippen LogP contribution in [0.4, 0.5) is 0 Å². The summed E-state index contributed by atoms with van der Waals surface area (Å²) >= 11 is 0. The van der Waals surface area contributed by atoms with Crippen LogP contribution in [0.25, 0.3) is 0 Å². The molecule has 0 aromatic heterocycles. The van der Waals surface area contributed by atoms with Gasteiger partial charge < -0.3 is 9.53 Å². The molecule has 9 heavy (non-hydrogen) atoms. The Kier molecular flexibility index (Phi) is 1.91. The highest BCUT2D eigenvalue weighted by Crippen LogP contribution is 2.22. The van der Waals surface area contributed by atoms with Gasteiger partial charge in [0.15, 0.2) is 0 Å².